The van der Waals surface area contributed by atoms with Crippen LogP contribution in [0.3, 0.4) is 0 Å². The molecule has 10 nitrogen and oxygen atoms in total. The maximum Gasteiger partial charge on any atom is 0.291 e. The van der Waals surface area contributed by atoms with Crippen LogP contribution in [0.2, 0.25) is 0 Å². The molecule has 0 bridgehead atoms. The summed E-state index contributed by atoms with van der Waals surface area (Å²) in [6, 6.07) is -2.04. The molecule has 2 aliphatic heterocycles. The summed E-state index contributed by atoms with van der Waals surface area (Å²) in [4.78, 5) is 66.2. The molecule has 0 radical (unpaired) electrons. The van der Waals surface area contributed by atoms with Gasteiger partial charge in [0.2, 0.25) is 11.8 Å². The van der Waals surface area contributed by atoms with Crippen LogP contribution in [0.5, 0.6) is 0 Å². The molecule has 4 aliphatic rings. The Morgan fingerprint density at radius 3 is 2.49 bits per heavy atom. The number of hydrogen-bond donors (Lipinski definition) is 3. The molecule has 2 saturated carbocycles. The van der Waals surface area contributed by atoms with Crippen molar-refractivity contribution in [2.24, 2.45) is 29.1 Å². The average Bonchev–Trinajstić information content (AvgIpc) is 3.68. The lowest BCUT2D eigenvalue weighted by Crippen LogP contribution is -2.61. The number of hydrazine groups is 1. The van der Waals surface area contributed by atoms with Gasteiger partial charge in [-0.15, -0.1) is 0 Å². The highest BCUT2D eigenvalue weighted by molar-refractivity contribution is 6.29. The molecular weight excluding hydrogens is 536 g/mol. The molecular formula is C26H38ClF2N5O5. The molecule has 0 spiro atoms. The van der Waals surface area contributed by atoms with Crippen LogP contribution in [0, 0.1) is 29.1 Å². The third kappa shape index (κ3) is 5.71. The first-order valence-electron chi connectivity index (χ1n) is 13.7. The van der Waals surface area contributed by atoms with Crippen LogP contribution in [0.1, 0.15) is 59.8 Å². The van der Waals surface area contributed by atoms with E-state index in [1.807, 2.05) is 20.8 Å². The summed E-state index contributed by atoms with van der Waals surface area (Å²) in [5.74, 6) is -4.80. The molecule has 7 atom stereocenters. The molecule has 3 N–H and O–H groups in total. The van der Waals surface area contributed by atoms with Crippen molar-refractivity contribution in [1.82, 2.24) is 26.0 Å². The van der Waals surface area contributed by atoms with Gasteiger partial charge in [0.1, 0.15) is 12.1 Å². The third-order valence-corrected chi connectivity index (χ3v) is 9.31. The van der Waals surface area contributed by atoms with Crippen molar-refractivity contribution in [2.45, 2.75) is 83.2 Å². The molecule has 2 heterocycles. The second kappa shape index (κ2) is 10.8. The summed E-state index contributed by atoms with van der Waals surface area (Å²) in [5.41, 5.74) is -2.23. The van der Waals surface area contributed by atoms with E-state index in [0.29, 0.717) is 25.8 Å². The molecule has 0 unspecified atom stereocenters. The van der Waals surface area contributed by atoms with Crippen LogP contribution in [-0.4, -0.2) is 82.5 Å². The predicted molar refractivity (Wildman–Crippen MR) is 137 cm³/mol. The fourth-order valence-corrected chi connectivity index (χ4v) is 6.14. The lowest BCUT2D eigenvalue weighted by atomic mass is 9.95. The zero-order chi connectivity index (χ0) is 28.9. The molecule has 5 amide bonds. The van der Waals surface area contributed by atoms with Gasteiger partial charge in [0, 0.05) is 13.1 Å². The molecule has 2 aliphatic carbocycles. The summed E-state index contributed by atoms with van der Waals surface area (Å²) >= 11 is 5.42. The smallest absolute Gasteiger partial charge is 0.291 e. The first-order valence-corrected chi connectivity index (χ1v) is 14.1. The minimum absolute atomic E-state index is 0.00309. The first kappa shape index (κ1) is 29.5. The number of hydrogen-bond acceptors (Lipinski definition) is 5. The number of halogens is 3. The number of nitrogens with one attached hydrogen (secondary N) is 3. The Hall–Kier alpha value is -2.50. The van der Waals surface area contributed by atoms with Gasteiger partial charge >= 0.3 is 0 Å². The van der Waals surface area contributed by atoms with Gasteiger partial charge in [-0.25, -0.2) is 13.8 Å². The Morgan fingerprint density at radius 1 is 1.26 bits per heavy atom. The number of carbonyl (C=O) groups excluding carboxylic acids is 5. The van der Waals surface area contributed by atoms with Gasteiger partial charge < -0.3 is 15.5 Å². The molecule has 2 saturated heterocycles. The van der Waals surface area contributed by atoms with Crippen molar-refractivity contribution in [3.63, 3.8) is 0 Å². The van der Waals surface area contributed by atoms with Gasteiger partial charge in [0.05, 0.1) is 12.5 Å². The highest BCUT2D eigenvalue weighted by Crippen LogP contribution is 2.65. The van der Waals surface area contributed by atoms with Gasteiger partial charge in [0.25, 0.3) is 23.4 Å². The molecule has 0 aromatic heterocycles. The number of amides is 5. The molecule has 4 rings (SSSR count). The number of piperidine rings is 2. The normalized spacial score (nSPS) is 30.2. The molecule has 218 valence electrons. The minimum Gasteiger partial charge on any atom is -0.356 e. The Balaban J connectivity index is 1.55. The maximum absolute atomic E-state index is 14.4. The van der Waals surface area contributed by atoms with E-state index in [1.165, 1.54) is 4.90 Å². The van der Waals surface area contributed by atoms with Crippen molar-refractivity contribution < 1.29 is 32.8 Å². The zero-order valence-corrected chi connectivity index (χ0v) is 23.5. The SMILES string of the molecule is CC[C@H](C)[C@H](NC(=O)C1(F)CC1)C(=O)N1C[C@H]2[C@@H]([C@H]1C(=O)NN(C[C@@H]1CCCNC1=O)C(=O)[C@H](F)Cl)C2(C)C. The van der Waals surface area contributed by atoms with Crippen LogP contribution in [0.25, 0.3) is 0 Å². The highest BCUT2D eigenvalue weighted by Gasteiger charge is 2.70. The Bertz CT molecular complexity index is 1040. The molecule has 0 aromatic carbocycles. The monoisotopic (exact) mass is 573 g/mol. The van der Waals surface area contributed by atoms with Gasteiger partial charge in [-0.05, 0) is 48.9 Å². The van der Waals surface area contributed by atoms with Crippen LogP contribution in [0.15, 0.2) is 0 Å². The van der Waals surface area contributed by atoms with Crippen molar-refractivity contribution in [2.75, 3.05) is 19.6 Å². The lowest BCUT2D eigenvalue weighted by molar-refractivity contribution is -0.151. The fraction of sp³-hybridized carbons (Fsp3) is 0.808. The van der Waals surface area contributed by atoms with Crippen molar-refractivity contribution in [3.05, 3.63) is 0 Å². The largest absolute Gasteiger partial charge is 0.356 e. The van der Waals surface area contributed by atoms with Crippen LogP contribution in [-0.2, 0) is 24.0 Å². The second-order valence-electron chi connectivity index (χ2n) is 12.0. The van der Waals surface area contributed by atoms with E-state index >= 15 is 0 Å². The minimum atomic E-state index is -2.44. The van der Waals surface area contributed by atoms with Gasteiger partial charge in [-0.1, -0.05) is 45.7 Å². The van der Waals surface area contributed by atoms with Crippen LogP contribution in [0.4, 0.5) is 8.78 Å². The number of alkyl halides is 3. The number of nitrogens with zero attached hydrogens (tertiary/aromatic N) is 2. The highest BCUT2D eigenvalue weighted by atomic mass is 35.5. The fourth-order valence-electron chi connectivity index (χ4n) is 6.02. The Morgan fingerprint density at radius 2 is 1.92 bits per heavy atom. The van der Waals surface area contributed by atoms with E-state index in [9.17, 15) is 32.8 Å². The first-order chi connectivity index (χ1) is 18.2. The zero-order valence-electron chi connectivity index (χ0n) is 22.8. The van der Waals surface area contributed by atoms with Crippen LogP contribution >= 0.6 is 11.6 Å². The van der Waals surface area contributed by atoms with Crippen molar-refractivity contribution in [3.8, 4) is 0 Å². The Kier molecular flexibility index (Phi) is 8.18. The van der Waals surface area contributed by atoms with E-state index < -0.39 is 52.9 Å². The quantitative estimate of drug-likeness (QED) is 0.284. The average molecular weight is 574 g/mol. The van der Waals surface area contributed by atoms with E-state index in [-0.39, 0.29) is 55.0 Å². The summed E-state index contributed by atoms with van der Waals surface area (Å²) in [6.45, 7) is 8.04. The van der Waals surface area contributed by atoms with Crippen LogP contribution < -0.4 is 16.1 Å². The molecule has 13 heteroatoms. The number of fused-ring (bicyclic) bond motifs is 1. The summed E-state index contributed by atoms with van der Waals surface area (Å²) < 4.78 is 28.3. The molecule has 39 heavy (non-hydrogen) atoms. The van der Waals surface area contributed by atoms with E-state index in [2.05, 4.69) is 16.1 Å². The van der Waals surface area contributed by atoms with Crippen molar-refractivity contribution >= 4 is 41.1 Å². The second-order valence-corrected chi connectivity index (χ2v) is 12.4. The molecule has 0 aromatic rings. The predicted octanol–water partition coefficient (Wildman–Crippen LogP) is 1.42. The van der Waals surface area contributed by atoms with Gasteiger partial charge in [0.15, 0.2) is 5.67 Å². The Labute approximate surface area is 231 Å². The van der Waals surface area contributed by atoms with Crippen molar-refractivity contribution in [1.29, 1.82) is 0 Å². The third-order valence-electron chi connectivity index (χ3n) is 9.12. The molecule has 4 fully saturated rings. The van der Waals surface area contributed by atoms with Gasteiger partial charge in [-0.2, -0.15) is 0 Å². The standard InChI is InChI=1S/C26H38ClF2N5O5/c1-5-13(2)17(31-24(39)26(29)8-9-26)22(37)33-12-15-16(25(15,3)4)18(33)21(36)32-34(23(38)19(27)28)11-14-7-6-10-30-20(14)35/h13-19H,5-12H2,1-4H3,(H,30,35)(H,31,39)(H,32,36)/t13-,14-,15-,16-,17-,18-,19-/m0/s1. The summed E-state index contributed by atoms with van der Waals surface area (Å²) in [7, 11) is 0. The number of rotatable bonds is 9. The summed E-state index contributed by atoms with van der Waals surface area (Å²) in [5, 5.41) is 6.00. The summed E-state index contributed by atoms with van der Waals surface area (Å²) in [6.07, 6.45) is 1.85. The van der Waals surface area contributed by atoms with Gasteiger partial charge in [-0.3, -0.25) is 29.4 Å². The number of carbonyl (C=O) groups is 5. The lowest BCUT2D eigenvalue weighted by Gasteiger charge is -2.36. The maximum atomic E-state index is 14.4. The van der Waals surface area contributed by atoms with E-state index in [4.69, 9.17) is 11.6 Å². The van der Waals surface area contributed by atoms with E-state index in [1.54, 1.807) is 6.92 Å². The number of likely N-dealkylation sites (tertiary alicyclic amines) is 1. The van der Waals surface area contributed by atoms with E-state index in [0.717, 1.165) is 5.01 Å². The topological polar surface area (TPSA) is 128 Å².